The molecule has 0 heterocycles. The summed E-state index contributed by atoms with van der Waals surface area (Å²) in [5.74, 6) is -0.269. The average Bonchev–Trinajstić information content (AvgIpc) is 2.29. The van der Waals surface area contributed by atoms with Gasteiger partial charge in [0.15, 0.2) is 0 Å². The molecule has 0 amide bonds. The molecule has 0 spiro atoms. The third-order valence-electron chi connectivity index (χ3n) is 2.89. The Balaban J connectivity index is 2.69. The first-order valence-electron chi connectivity index (χ1n) is 6.10. The maximum Gasteiger partial charge on any atom is 0.338 e. The van der Waals surface area contributed by atoms with Crippen LogP contribution in [0.5, 0.6) is 0 Å². The van der Waals surface area contributed by atoms with Crippen LogP contribution >= 0.6 is 0 Å². The zero-order valence-electron chi connectivity index (χ0n) is 10.9. The van der Waals surface area contributed by atoms with Crippen molar-refractivity contribution in [3.05, 3.63) is 28.8 Å². The number of hydrogen-bond acceptors (Lipinski definition) is 3. The molecule has 0 saturated carbocycles. The van der Waals surface area contributed by atoms with Gasteiger partial charge in [0.2, 0.25) is 0 Å². The first kappa shape index (κ1) is 13.6. The van der Waals surface area contributed by atoms with Gasteiger partial charge in [-0.05, 0) is 43.5 Å². The minimum Gasteiger partial charge on any atom is -0.462 e. The standard InChI is InChI=1S/C14H21NO2/c1-4-5-6-7-17-14(16)13-9-12(15)8-10(2)11(13)3/h8-9H,4-7,15H2,1-3H3. The lowest BCUT2D eigenvalue weighted by Gasteiger charge is -2.10. The van der Waals surface area contributed by atoms with Crippen LogP contribution in [0.15, 0.2) is 12.1 Å². The van der Waals surface area contributed by atoms with Gasteiger partial charge in [-0.1, -0.05) is 19.8 Å². The number of benzene rings is 1. The minimum atomic E-state index is -0.269. The van der Waals surface area contributed by atoms with E-state index < -0.39 is 0 Å². The quantitative estimate of drug-likeness (QED) is 0.484. The smallest absolute Gasteiger partial charge is 0.338 e. The fraction of sp³-hybridized carbons (Fsp3) is 0.500. The lowest BCUT2D eigenvalue weighted by Crippen LogP contribution is -2.09. The Morgan fingerprint density at radius 3 is 2.65 bits per heavy atom. The third kappa shape index (κ3) is 3.77. The maximum atomic E-state index is 11.9. The molecule has 17 heavy (non-hydrogen) atoms. The largest absolute Gasteiger partial charge is 0.462 e. The molecule has 1 aromatic carbocycles. The number of ether oxygens (including phenoxy) is 1. The van der Waals surface area contributed by atoms with E-state index in [-0.39, 0.29) is 5.97 Å². The van der Waals surface area contributed by atoms with Crippen molar-refractivity contribution < 1.29 is 9.53 Å². The van der Waals surface area contributed by atoms with Crippen molar-refractivity contribution in [1.82, 2.24) is 0 Å². The summed E-state index contributed by atoms with van der Waals surface area (Å²) in [7, 11) is 0. The van der Waals surface area contributed by atoms with Crippen molar-refractivity contribution in [2.45, 2.75) is 40.0 Å². The van der Waals surface area contributed by atoms with Gasteiger partial charge in [0.05, 0.1) is 12.2 Å². The minimum absolute atomic E-state index is 0.269. The molecule has 3 heteroatoms. The molecule has 0 bridgehead atoms. The van der Waals surface area contributed by atoms with Crippen LogP contribution in [0.2, 0.25) is 0 Å². The molecule has 0 fully saturated rings. The molecule has 1 rings (SSSR count). The zero-order valence-corrected chi connectivity index (χ0v) is 10.9. The number of unbranched alkanes of at least 4 members (excludes halogenated alkanes) is 2. The SMILES string of the molecule is CCCCCOC(=O)c1cc(N)cc(C)c1C. The number of aryl methyl sites for hydroxylation is 1. The Morgan fingerprint density at radius 1 is 1.29 bits per heavy atom. The van der Waals surface area contributed by atoms with Gasteiger partial charge in [0.1, 0.15) is 0 Å². The van der Waals surface area contributed by atoms with Crippen molar-refractivity contribution in [3.63, 3.8) is 0 Å². The highest BCUT2D eigenvalue weighted by Gasteiger charge is 2.12. The fourth-order valence-corrected chi connectivity index (χ4v) is 1.69. The Hall–Kier alpha value is -1.51. The first-order valence-corrected chi connectivity index (χ1v) is 6.10. The van der Waals surface area contributed by atoms with Gasteiger partial charge in [0, 0.05) is 5.69 Å². The van der Waals surface area contributed by atoms with Gasteiger partial charge in [-0.15, -0.1) is 0 Å². The van der Waals surface area contributed by atoms with Crippen LogP contribution in [0, 0.1) is 13.8 Å². The van der Waals surface area contributed by atoms with E-state index in [2.05, 4.69) is 6.92 Å². The molecule has 1 aromatic rings. The molecule has 0 atom stereocenters. The van der Waals surface area contributed by atoms with E-state index in [0.717, 1.165) is 30.4 Å². The van der Waals surface area contributed by atoms with Crippen molar-refractivity contribution in [2.24, 2.45) is 0 Å². The van der Waals surface area contributed by atoms with Gasteiger partial charge in [-0.3, -0.25) is 0 Å². The van der Waals surface area contributed by atoms with Gasteiger partial charge in [-0.25, -0.2) is 4.79 Å². The lowest BCUT2D eigenvalue weighted by molar-refractivity contribution is 0.0497. The lowest BCUT2D eigenvalue weighted by atomic mass is 10.0. The molecule has 0 aliphatic heterocycles. The second-order valence-corrected chi connectivity index (χ2v) is 4.35. The van der Waals surface area contributed by atoms with Crippen LogP contribution in [-0.2, 0) is 4.74 Å². The van der Waals surface area contributed by atoms with Crippen LogP contribution in [0.4, 0.5) is 5.69 Å². The summed E-state index contributed by atoms with van der Waals surface area (Å²) in [6, 6.07) is 3.55. The Labute approximate surface area is 103 Å². The fourth-order valence-electron chi connectivity index (χ4n) is 1.69. The first-order chi connectivity index (χ1) is 8.06. The van der Waals surface area contributed by atoms with Crippen LogP contribution < -0.4 is 5.73 Å². The molecule has 0 aliphatic carbocycles. The highest BCUT2D eigenvalue weighted by atomic mass is 16.5. The summed E-state index contributed by atoms with van der Waals surface area (Å²) in [5.41, 5.74) is 8.89. The average molecular weight is 235 g/mol. The molecule has 2 N–H and O–H groups in total. The normalized spacial score (nSPS) is 10.3. The number of carbonyl (C=O) groups is 1. The number of rotatable bonds is 5. The Bertz CT molecular complexity index is 399. The summed E-state index contributed by atoms with van der Waals surface area (Å²) >= 11 is 0. The summed E-state index contributed by atoms with van der Waals surface area (Å²) in [6.07, 6.45) is 3.12. The topological polar surface area (TPSA) is 52.3 Å². The molecule has 3 nitrogen and oxygen atoms in total. The second kappa shape index (κ2) is 6.28. The van der Waals surface area contributed by atoms with E-state index in [0.29, 0.717) is 17.9 Å². The molecule has 0 radical (unpaired) electrons. The summed E-state index contributed by atoms with van der Waals surface area (Å²) in [4.78, 5) is 11.9. The number of hydrogen-bond donors (Lipinski definition) is 1. The third-order valence-corrected chi connectivity index (χ3v) is 2.89. The predicted octanol–water partition coefficient (Wildman–Crippen LogP) is 3.23. The molecule has 0 unspecified atom stereocenters. The molecule has 0 aromatic heterocycles. The van der Waals surface area contributed by atoms with Crippen molar-refractivity contribution >= 4 is 11.7 Å². The van der Waals surface area contributed by atoms with Crippen LogP contribution in [0.25, 0.3) is 0 Å². The van der Waals surface area contributed by atoms with Gasteiger partial charge in [0.25, 0.3) is 0 Å². The molecule has 0 aliphatic rings. The van der Waals surface area contributed by atoms with Crippen LogP contribution in [0.3, 0.4) is 0 Å². The van der Waals surface area contributed by atoms with Crippen molar-refractivity contribution in [2.75, 3.05) is 12.3 Å². The molecule has 0 saturated heterocycles. The summed E-state index contributed by atoms with van der Waals surface area (Å²) in [5, 5.41) is 0. The van der Waals surface area contributed by atoms with Gasteiger partial charge in [-0.2, -0.15) is 0 Å². The molecule has 94 valence electrons. The van der Waals surface area contributed by atoms with Crippen molar-refractivity contribution in [3.8, 4) is 0 Å². The Kier molecular flexibility index (Phi) is 5.01. The van der Waals surface area contributed by atoms with E-state index in [9.17, 15) is 4.79 Å². The van der Waals surface area contributed by atoms with Crippen molar-refractivity contribution in [1.29, 1.82) is 0 Å². The molecular formula is C14H21NO2. The Morgan fingerprint density at radius 2 is 2.00 bits per heavy atom. The van der Waals surface area contributed by atoms with E-state index in [1.165, 1.54) is 0 Å². The predicted molar refractivity (Wildman–Crippen MR) is 70.1 cm³/mol. The monoisotopic (exact) mass is 235 g/mol. The number of anilines is 1. The zero-order chi connectivity index (χ0) is 12.8. The highest BCUT2D eigenvalue weighted by molar-refractivity contribution is 5.92. The van der Waals surface area contributed by atoms with Crippen LogP contribution in [0.1, 0.15) is 47.7 Å². The van der Waals surface area contributed by atoms with E-state index >= 15 is 0 Å². The second-order valence-electron chi connectivity index (χ2n) is 4.35. The highest BCUT2D eigenvalue weighted by Crippen LogP contribution is 2.18. The molecular weight excluding hydrogens is 214 g/mol. The number of nitrogens with two attached hydrogens (primary N) is 1. The van der Waals surface area contributed by atoms with Gasteiger partial charge >= 0.3 is 5.97 Å². The summed E-state index contributed by atoms with van der Waals surface area (Å²) in [6.45, 7) is 6.46. The van der Waals surface area contributed by atoms with E-state index in [1.807, 2.05) is 19.9 Å². The number of esters is 1. The number of carbonyl (C=O) groups excluding carboxylic acids is 1. The van der Waals surface area contributed by atoms with E-state index in [1.54, 1.807) is 6.07 Å². The number of nitrogen functional groups attached to an aromatic ring is 1. The summed E-state index contributed by atoms with van der Waals surface area (Å²) < 4.78 is 5.23. The van der Waals surface area contributed by atoms with Gasteiger partial charge < -0.3 is 10.5 Å². The van der Waals surface area contributed by atoms with E-state index in [4.69, 9.17) is 10.5 Å². The maximum absolute atomic E-state index is 11.9. The van der Waals surface area contributed by atoms with Crippen LogP contribution in [-0.4, -0.2) is 12.6 Å².